The molecule has 2 aliphatic carbocycles. The van der Waals surface area contributed by atoms with E-state index in [1.165, 1.54) is 33.1 Å². The highest BCUT2D eigenvalue weighted by Gasteiger charge is 2.31. The third-order valence-corrected chi connectivity index (χ3v) is 7.34. The van der Waals surface area contributed by atoms with Gasteiger partial charge in [-0.15, -0.1) is 0 Å². The second-order valence-electron chi connectivity index (χ2n) is 8.47. The van der Waals surface area contributed by atoms with Crippen molar-refractivity contribution in [2.75, 3.05) is 11.5 Å². The van der Waals surface area contributed by atoms with Gasteiger partial charge in [0.25, 0.3) is 0 Å². The van der Waals surface area contributed by atoms with Gasteiger partial charge in [0.1, 0.15) is 11.9 Å². The van der Waals surface area contributed by atoms with Crippen LogP contribution >= 0.6 is 22.6 Å². The van der Waals surface area contributed by atoms with E-state index in [4.69, 9.17) is 9.72 Å². The van der Waals surface area contributed by atoms with Crippen LogP contribution in [0.5, 0.6) is 0 Å². The first-order chi connectivity index (χ1) is 14.6. The molecule has 5 rings (SSSR count). The van der Waals surface area contributed by atoms with Gasteiger partial charge in [0.2, 0.25) is 0 Å². The van der Waals surface area contributed by atoms with Crippen LogP contribution in [0.4, 0.5) is 11.5 Å². The number of hydrogen-bond acceptors (Lipinski definition) is 3. The molecule has 1 saturated carbocycles. The lowest BCUT2D eigenvalue weighted by Gasteiger charge is -2.24. The van der Waals surface area contributed by atoms with Crippen LogP contribution in [0.15, 0.2) is 24.3 Å². The molecule has 30 heavy (non-hydrogen) atoms. The third kappa shape index (κ3) is 4.00. The highest BCUT2D eigenvalue weighted by molar-refractivity contribution is 14.1. The van der Waals surface area contributed by atoms with Crippen molar-refractivity contribution in [2.24, 2.45) is 0 Å². The van der Waals surface area contributed by atoms with E-state index in [0.717, 1.165) is 50.1 Å². The molecule has 0 spiro atoms. The van der Waals surface area contributed by atoms with Crippen molar-refractivity contribution in [1.29, 1.82) is 0 Å². The van der Waals surface area contributed by atoms with Gasteiger partial charge in [-0.25, -0.2) is 4.98 Å². The van der Waals surface area contributed by atoms with Crippen molar-refractivity contribution in [1.82, 2.24) is 4.98 Å². The van der Waals surface area contributed by atoms with Crippen LogP contribution in [-0.2, 0) is 22.4 Å². The number of aromatic nitrogens is 1. The Morgan fingerprint density at radius 2 is 2.07 bits per heavy atom. The number of carbonyl (C=O) groups excluding carboxylic acids is 1. The molecule has 2 aromatic rings. The van der Waals surface area contributed by atoms with Crippen LogP contribution < -0.4 is 4.90 Å². The number of halogens is 1. The summed E-state index contributed by atoms with van der Waals surface area (Å²) in [4.78, 5) is 20.1. The molecular weight excluding hydrogens is 487 g/mol. The Morgan fingerprint density at radius 3 is 2.83 bits per heavy atom. The van der Waals surface area contributed by atoms with E-state index in [1.807, 2.05) is 6.07 Å². The molecule has 0 unspecified atom stereocenters. The summed E-state index contributed by atoms with van der Waals surface area (Å²) in [6, 6.07) is 8.49. The molecule has 1 saturated heterocycles. The minimum Gasteiger partial charge on any atom is -0.366 e. The number of carbonyl (C=O) groups is 1. The molecule has 1 aliphatic heterocycles. The number of pyridine rings is 1. The van der Waals surface area contributed by atoms with Crippen molar-refractivity contribution in [3.63, 3.8) is 0 Å². The number of benzene rings is 1. The van der Waals surface area contributed by atoms with Crippen LogP contribution in [0.2, 0.25) is 0 Å². The molecule has 3 aliphatic rings. The molecule has 4 nitrogen and oxygen atoms in total. The predicted molar refractivity (Wildman–Crippen MR) is 126 cm³/mol. The van der Waals surface area contributed by atoms with E-state index >= 15 is 0 Å². The van der Waals surface area contributed by atoms with Gasteiger partial charge in [-0.3, -0.25) is 9.69 Å². The number of ether oxygens (including phenoxy) is 1. The molecule has 0 bridgehead atoms. The number of fused-ring (bicyclic) bond motifs is 1. The molecule has 0 N–H and O–H groups in total. The Kier molecular flexibility index (Phi) is 5.55. The summed E-state index contributed by atoms with van der Waals surface area (Å²) in [5.41, 5.74) is 5.76. The van der Waals surface area contributed by atoms with Gasteiger partial charge >= 0.3 is 5.91 Å². The topological polar surface area (TPSA) is 42.4 Å². The summed E-state index contributed by atoms with van der Waals surface area (Å²) in [7, 11) is 0. The maximum atomic E-state index is 13.4. The fraction of sp³-hybridized carbons (Fsp3) is 0.440. The Balaban J connectivity index is 1.60. The molecule has 1 aromatic carbocycles. The van der Waals surface area contributed by atoms with Crippen molar-refractivity contribution >= 4 is 40.0 Å². The summed E-state index contributed by atoms with van der Waals surface area (Å²) in [6.45, 7) is 2.82. The molecule has 2 fully saturated rings. The second-order valence-corrected chi connectivity index (χ2v) is 9.64. The van der Waals surface area contributed by atoms with Gasteiger partial charge in [-0.1, -0.05) is 12.0 Å². The lowest BCUT2D eigenvalue weighted by Crippen LogP contribution is -2.27. The molecule has 1 atom stereocenters. The molecule has 5 heteroatoms. The summed E-state index contributed by atoms with van der Waals surface area (Å²) >= 11 is 2.39. The monoisotopic (exact) mass is 512 g/mol. The van der Waals surface area contributed by atoms with Gasteiger partial charge in [-0.05, 0) is 121 Å². The summed E-state index contributed by atoms with van der Waals surface area (Å²) in [6.07, 6.45) is 7.30. The quantitative estimate of drug-likeness (QED) is 0.419. The molecule has 154 valence electrons. The number of amides is 1. The molecule has 2 heterocycles. The Morgan fingerprint density at radius 1 is 1.20 bits per heavy atom. The van der Waals surface area contributed by atoms with Crippen molar-refractivity contribution in [3.8, 4) is 11.8 Å². The van der Waals surface area contributed by atoms with Crippen molar-refractivity contribution in [2.45, 2.75) is 63.9 Å². The smallest absolute Gasteiger partial charge is 0.308 e. The highest BCUT2D eigenvalue weighted by atomic mass is 127. The Labute approximate surface area is 191 Å². The standard InChI is InChI=1S/C25H25IN2O2/c1-16-14-23(20(15-21(16)26)17-7-8-17)28(25(29)12-10-19-5-3-13-30-19)24-11-9-18-4-2-6-22(18)27-24/h9,11,14-15,17,19H,2-8,13H2,1H3/t19-/m1/s1. The largest absolute Gasteiger partial charge is 0.366 e. The summed E-state index contributed by atoms with van der Waals surface area (Å²) < 4.78 is 6.84. The summed E-state index contributed by atoms with van der Waals surface area (Å²) in [5.74, 6) is 6.91. The Bertz CT molecular complexity index is 1060. The first kappa shape index (κ1) is 20.0. The van der Waals surface area contributed by atoms with Crippen LogP contribution in [0, 0.1) is 22.3 Å². The predicted octanol–water partition coefficient (Wildman–Crippen LogP) is 5.21. The van der Waals surface area contributed by atoms with E-state index in [-0.39, 0.29) is 12.0 Å². The van der Waals surface area contributed by atoms with Gasteiger partial charge in [0.05, 0.1) is 5.69 Å². The zero-order valence-electron chi connectivity index (χ0n) is 17.2. The molecular formula is C25H25IN2O2. The third-order valence-electron chi connectivity index (χ3n) is 6.18. The summed E-state index contributed by atoms with van der Waals surface area (Å²) in [5, 5.41) is 0. The minimum absolute atomic E-state index is 0.134. The van der Waals surface area contributed by atoms with Gasteiger partial charge in [0.15, 0.2) is 0 Å². The van der Waals surface area contributed by atoms with E-state index in [1.54, 1.807) is 4.90 Å². The molecule has 0 radical (unpaired) electrons. The Hall–Kier alpha value is -1.91. The van der Waals surface area contributed by atoms with Crippen molar-refractivity contribution in [3.05, 3.63) is 50.2 Å². The second kappa shape index (κ2) is 8.32. The minimum atomic E-state index is -0.224. The normalized spacial score (nSPS) is 19.9. The lowest BCUT2D eigenvalue weighted by atomic mass is 10.0. The maximum absolute atomic E-state index is 13.4. The zero-order valence-corrected chi connectivity index (χ0v) is 19.4. The zero-order chi connectivity index (χ0) is 20.7. The van der Waals surface area contributed by atoms with Gasteiger partial charge in [-0.2, -0.15) is 0 Å². The van der Waals surface area contributed by atoms with Crippen LogP contribution in [0.25, 0.3) is 0 Å². The first-order valence-electron chi connectivity index (χ1n) is 10.9. The maximum Gasteiger partial charge on any atom is 0.308 e. The van der Waals surface area contributed by atoms with Gasteiger partial charge < -0.3 is 4.74 Å². The fourth-order valence-electron chi connectivity index (χ4n) is 4.36. The van der Waals surface area contributed by atoms with Crippen LogP contribution in [0.3, 0.4) is 0 Å². The van der Waals surface area contributed by atoms with Crippen LogP contribution in [-0.4, -0.2) is 23.6 Å². The fourth-order valence-corrected chi connectivity index (χ4v) is 4.85. The number of aryl methyl sites for hydroxylation is 3. The number of anilines is 2. The number of nitrogens with zero attached hydrogens (tertiary/aromatic N) is 2. The van der Waals surface area contributed by atoms with Gasteiger partial charge in [0, 0.05) is 15.9 Å². The molecule has 1 amide bonds. The number of hydrogen-bond donors (Lipinski definition) is 0. The van der Waals surface area contributed by atoms with E-state index in [0.29, 0.717) is 11.7 Å². The average molecular weight is 512 g/mol. The lowest BCUT2D eigenvalue weighted by molar-refractivity contribution is -0.112. The van der Waals surface area contributed by atoms with E-state index < -0.39 is 0 Å². The molecule has 1 aromatic heterocycles. The van der Waals surface area contributed by atoms with E-state index in [9.17, 15) is 4.79 Å². The SMILES string of the molecule is Cc1cc(N(C(=O)C#C[C@H]2CCCO2)c2ccc3c(n2)CCC3)c(C2CC2)cc1I. The highest BCUT2D eigenvalue weighted by Crippen LogP contribution is 2.46. The van der Waals surface area contributed by atoms with Crippen molar-refractivity contribution < 1.29 is 9.53 Å². The average Bonchev–Trinajstić information content (AvgIpc) is 3.24. The van der Waals surface area contributed by atoms with Crippen LogP contribution in [0.1, 0.15) is 60.4 Å². The van der Waals surface area contributed by atoms with E-state index in [2.05, 4.69) is 59.6 Å². The number of rotatable bonds is 3. The first-order valence-corrected chi connectivity index (χ1v) is 11.9.